The molecule has 0 saturated heterocycles. The van der Waals surface area contributed by atoms with E-state index in [1.54, 1.807) is 33.7 Å². The predicted molar refractivity (Wildman–Crippen MR) is 127 cm³/mol. The summed E-state index contributed by atoms with van der Waals surface area (Å²) in [4.78, 5) is 32.9. The predicted octanol–water partition coefficient (Wildman–Crippen LogP) is 6.12. The molecule has 0 aliphatic carbocycles. The fraction of sp³-hybridized carbons (Fsp3) is 0.348. The van der Waals surface area contributed by atoms with Crippen LogP contribution in [0, 0.1) is 0 Å². The standard InChI is InChI=1S/C23H26Cl2N4O2/c1-4-13-29(23(31)27-19-12-11-15(24)14-17(19)25)20(5-2)21-26-18-10-8-7-9-16(18)22(30)28(21)6-3/h7-12,14,20H,4-6,13H2,1-3H3,(H,27,31). The van der Waals surface area contributed by atoms with Gasteiger partial charge in [0.2, 0.25) is 0 Å². The van der Waals surface area contributed by atoms with Crippen LogP contribution in [0.1, 0.15) is 45.5 Å². The molecule has 0 spiro atoms. The van der Waals surface area contributed by atoms with Crippen LogP contribution in [0.15, 0.2) is 47.3 Å². The number of benzene rings is 2. The fourth-order valence-electron chi connectivity index (χ4n) is 3.71. The summed E-state index contributed by atoms with van der Waals surface area (Å²) in [5.74, 6) is 0.583. The average Bonchev–Trinajstić information content (AvgIpc) is 2.76. The van der Waals surface area contributed by atoms with E-state index in [0.717, 1.165) is 6.42 Å². The molecule has 1 heterocycles. The molecule has 1 N–H and O–H groups in total. The molecule has 0 fully saturated rings. The van der Waals surface area contributed by atoms with Crippen molar-refractivity contribution in [2.75, 3.05) is 11.9 Å². The Kier molecular flexibility index (Phi) is 7.57. The fourth-order valence-corrected chi connectivity index (χ4v) is 4.16. The molecule has 2 aromatic carbocycles. The lowest BCUT2D eigenvalue weighted by atomic mass is 10.1. The molecular weight excluding hydrogens is 435 g/mol. The second kappa shape index (κ2) is 10.2. The first kappa shape index (κ1) is 23.1. The number of urea groups is 1. The normalized spacial score (nSPS) is 12.0. The van der Waals surface area contributed by atoms with Crippen molar-refractivity contribution in [2.24, 2.45) is 0 Å². The Morgan fingerprint density at radius 1 is 1.16 bits per heavy atom. The molecule has 0 radical (unpaired) electrons. The molecule has 0 aliphatic heterocycles. The quantitative estimate of drug-likeness (QED) is 0.461. The van der Waals surface area contributed by atoms with Crippen LogP contribution < -0.4 is 10.9 Å². The lowest BCUT2D eigenvalue weighted by Crippen LogP contribution is -2.41. The van der Waals surface area contributed by atoms with Crippen molar-refractivity contribution in [2.45, 2.75) is 46.2 Å². The first-order valence-electron chi connectivity index (χ1n) is 10.4. The Hall–Kier alpha value is -2.57. The monoisotopic (exact) mass is 460 g/mol. The summed E-state index contributed by atoms with van der Waals surface area (Å²) in [6.45, 7) is 6.86. The minimum Gasteiger partial charge on any atom is -0.314 e. The second-order valence-corrected chi connectivity index (χ2v) is 8.05. The molecule has 3 rings (SSSR count). The van der Waals surface area contributed by atoms with Gasteiger partial charge in [0.05, 0.1) is 27.7 Å². The molecule has 8 heteroatoms. The zero-order valence-corrected chi connectivity index (χ0v) is 19.4. The van der Waals surface area contributed by atoms with Gasteiger partial charge in [0.25, 0.3) is 5.56 Å². The van der Waals surface area contributed by atoms with Gasteiger partial charge in [-0.15, -0.1) is 0 Å². The van der Waals surface area contributed by atoms with E-state index in [0.29, 0.717) is 52.0 Å². The molecule has 1 unspecified atom stereocenters. The maximum absolute atomic E-state index is 13.3. The number of hydrogen-bond acceptors (Lipinski definition) is 3. The van der Waals surface area contributed by atoms with Gasteiger partial charge in [-0.1, -0.05) is 49.2 Å². The maximum Gasteiger partial charge on any atom is 0.322 e. The number of halogens is 2. The van der Waals surface area contributed by atoms with E-state index in [9.17, 15) is 9.59 Å². The number of anilines is 1. The SMILES string of the molecule is CCCN(C(=O)Nc1ccc(Cl)cc1Cl)C(CC)c1nc2ccccc2c(=O)n1CC. The number of aromatic nitrogens is 2. The third kappa shape index (κ3) is 4.86. The highest BCUT2D eigenvalue weighted by Gasteiger charge is 2.28. The Morgan fingerprint density at radius 2 is 1.90 bits per heavy atom. The van der Waals surface area contributed by atoms with Gasteiger partial charge in [-0.25, -0.2) is 9.78 Å². The van der Waals surface area contributed by atoms with Crippen molar-refractivity contribution in [3.8, 4) is 0 Å². The molecule has 31 heavy (non-hydrogen) atoms. The van der Waals surface area contributed by atoms with Crippen LogP contribution in [-0.2, 0) is 6.54 Å². The van der Waals surface area contributed by atoms with Crippen molar-refractivity contribution in [3.05, 3.63) is 68.7 Å². The highest BCUT2D eigenvalue weighted by molar-refractivity contribution is 6.36. The number of carbonyl (C=O) groups excluding carboxylic acids is 1. The first-order valence-corrected chi connectivity index (χ1v) is 11.2. The minimum absolute atomic E-state index is 0.0980. The van der Waals surface area contributed by atoms with Crippen LogP contribution in [-0.4, -0.2) is 27.0 Å². The molecular formula is C23H26Cl2N4O2. The van der Waals surface area contributed by atoms with E-state index < -0.39 is 0 Å². The minimum atomic E-state index is -0.372. The second-order valence-electron chi connectivity index (χ2n) is 7.21. The maximum atomic E-state index is 13.3. The zero-order valence-electron chi connectivity index (χ0n) is 17.9. The number of fused-ring (bicyclic) bond motifs is 1. The van der Waals surface area contributed by atoms with Crippen LogP contribution in [0.2, 0.25) is 10.0 Å². The first-order chi connectivity index (χ1) is 14.9. The van der Waals surface area contributed by atoms with Crippen LogP contribution in [0.3, 0.4) is 0 Å². The summed E-state index contributed by atoms with van der Waals surface area (Å²) in [7, 11) is 0. The van der Waals surface area contributed by atoms with Gasteiger partial charge in [-0.05, 0) is 50.1 Å². The topological polar surface area (TPSA) is 67.2 Å². The van der Waals surface area contributed by atoms with E-state index in [1.165, 1.54) is 0 Å². The van der Waals surface area contributed by atoms with Crippen molar-refractivity contribution in [3.63, 3.8) is 0 Å². The summed E-state index contributed by atoms with van der Waals surface area (Å²) in [5, 5.41) is 4.30. The smallest absolute Gasteiger partial charge is 0.314 e. The summed E-state index contributed by atoms with van der Waals surface area (Å²) in [6, 6.07) is 11.5. The average molecular weight is 461 g/mol. The van der Waals surface area contributed by atoms with Gasteiger partial charge in [-0.3, -0.25) is 9.36 Å². The van der Waals surface area contributed by atoms with Gasteiger partial charge in [0.15, 0.2) is 0 Å². The Bertz CT molecular complexity index is 1150. The van der Waals surface area contributed by atoms with Crippen LogP contribution >= 0.6 is 23.2 Å². The Balaban J connectivity index is 2.04. The number of rotatable bonds is 7. The molecule has 1 aromatic heterocycles. The number of nitrogens with one attached hydrogen (secondary N) is 1. The number of amides is 2. The molecule has 1 atom stereocenters. The number of carbonyl (C=O) groups is 1. The van der Waals surface area contributed by atoms with Crippen molar-refractivity contribution < 1.29 is 4.79 Å². The lowest BCUT2D eigenvalue weighted by molar-refractivity contribution is 0.180. The van der Waals surface area contributed by atoms with Gasteiger partial charge in [0, 0.05) is 18.1 Å². The van der Waals surface area contributed by atoms with E-state index >= 15 is 0 Å². The molecule has 6 nitrogen and oxygen atoms in total. The summed E-state index contributed by atoms with van der Waals surface area (Å²) in [6.07, 6.45) is 1.36. The summed E-state index contributed by atoms with van der Waals surface area (Å²) < 4.78 is 1.65. The van der Waals surface area contributed by atoms with Gasteiger partial charge in [-0.2, -0.15) is 0 Å². The molecule has 164 valence electrons. The van der Waals surface area contributed by atoms with E-state index in [2.05, 4.69) is 5.32 Å². The number of nitrogens with zero attached hydrogens (tertiary/aromatic N) is 3. The highest BCUT2D eigenvalue weighted by atomic mass is 35.5. The van der Waals surface area contributed by atoms with Gasteiger partial charge < -0.3 is 10.2 Å². The Labute approximate surface area is 191 Å². The van der Waals surface area contributed by atoms with Gasteiger partial charge in [0.1, 0.15) is 5.82 Å². The highest BCUT2D eigenvalue weighted by Crippen LogP contribution is 2.28. The van der Waals surface area contributed by atoms with Crippen molar-refractivity contribution in [1.82, 2.24) is 14.5 Å². The largest absolute Gasteiger partial charge is 0.322 e. The number of hydrogen-bond donors (Lipinski definition) is 1. The molecule has 2 amide bonds. The number of para-hydroxylation sites is 1. The zero-order chi connectivity index (χ0) is 22.5. The third-order valence-electron chi connectivity index (χ3n) is 5.17. The lowest BCUT2D eigenvalue weighted by Gasteiger charge is -2.32. The molecule has 3 aromatic rings. The van der Waals surface area contributed by atoms with Crippen LogP contribution in [0.25, 0.3) is 10.9 Å². The Morgan fingerprint density at radius 3 is 2.55 bits per heavy atom. The van der Waals surface area contributed by atoms with Crippen LogP contribution in [0.4, 0.5) is 10.5 Å². The van der Waals surface area contributed by atoms with Crippen LogP contribution in [0.5, 0.6) is 0 Å². The third-order valence-corrected chi connectivity index (χ3v) is 5.71. The summed E-state index contributed by atoms with van der Waals surface area (Å²) in [5.41, 5.74) is 1.01. The van der Waals surface area contributed by atoms with Gasteiger partial charge >= 0.3 is 6.03 Å². The molecule has 0 bridgehead atoms. The molecule has 0 saturated carbocycles. The van der Waals surface area contributed by atoms with Crippen molar-refractivity contribution >= 4 is 45.8 Å². The summed E-state index contributed by atoms with van der Waals surface area (Å²) >= 11 is 12.2. The van der Waals surface area contributed by atoms with Crippen molar-refractivity contribution in [1.29, 1.82) is 0 Å². The van der Waals surface area contributed by atoms with E-state index in [-0.39, 0.29) is 17.6 Å². The van der Waals surface area contributed by atoms with E-state index in [1.807, 2.05) is 39.0 Å². The van der Waals surface area contributed by atoms with E-state index in [4.69, 9.17) is 28.2 Å². The molecule has 0 aliphatic rings.